The van der Waals surface area contributed by atoms with Crippen molar-refractivity contribution in [1.82, 2.24) is 14.5 Å². The van der Waals surface area contributed by atoms with E-state index in [0.717, 1.165) is 27.3 Å². The quantitative estimate of drug-likeness (QED) is 0.591. The molecule has 1 N–H and O–H groups in total. The SMILES string of the molecule is Cc1[nH]c2ccccc2c1C(=O)CSc1nccn1C. The number of imidazole rings is 1. The summed E-state index contributed by atoms with van der Waals surface area (Å²) >= 11 is 1.47. The van der Waals surface area contributed by atoms with Crippen molar-refractivity contribution in [3.63, 3.8) is 0 Å². The van der Waals surface area contributed by atoms with Gasteiger partial charge in [-0.15, -0.1) is 0 Å². The molecule has 0 saturated carbocycles. The number of carbonyl (C=O) groups is 1. The van der Waals surface area contributed by atoms with Gasteiger partial charge in [0.25, 0.3) is 0 Å². The second kappa shape index (κ2) is 5.17. The van der Waals surface area contributed by atoms with Gasteiger partial charge in [-0.05, 0) is 13.0 Å². The third-order valence-electron chi connectivity index (χ3n) is 3.28. The highest BCUT2D eigenvalue weighted by Gasteiger charge is 2.16. The second-order valence-corrected chi connectivity index (χ2v) is 5.65. The molecular formula is C15H15N3OS. The lowest BCUT2D eigenvalue weighted by Crippen LogP contribution is -2.04. The molecule has 5 heteroatoms. The number of aromatic amines is 1. The van der Waals surface area contributed by atoms with Crippen LogP contribution in [0.4, 0.5) is 0 Å². The Balaban J connectivity index is 1.86. The topological polar surface area (TPSA) is 50.7 Å². The second-order valence-electron chi connectivity index (χ2n) is 4.70. The molecule has 0 aliphatic rings. The zero-order valence-corrected chi connectivity index (χ0v) is 12.2. The van der Waals surface area contributed by atoms with Crippen molar-refractivity contribution in [1.29, 1.82) is 0 Å². The number of para-hydroxylation sites is 1. The first-order chi connectivity index (χ1) is 9.66. The molecule has 0 aliphatic carbocycles. The summed E-state index contributed by atoms with van der Waals surface area (Å²) in [5.41, 5.74) is 2.73. The van der Waals surface area contributed by atoms with E-state index in [-0.39, 0.29) is 5.78 Å². The lowest BCUT2D eigenvalue weighted by molar-refractivity contribution is 0.102. The average Bonchev–Trinajstić information content (AvgIpc) is 2.98. The van der Waals surface area contributed by atoms with Crippen LogP contribution in [-0.4, -0.2) is 26.1 Å². The number of ketones is 1. The number of fused-ring (bicyclic) bond motifs is 1. The highest BCUT2D eigenvalue weighted by atomic mass is 32.2. The summed E-state index contributed by atoms with van der Waals surface area (Å²) in [5.74, 6) is 0.529. The van der Waals surface area contributed by atoms with Gasteiger partial charge >= 0.3 is 0 Å². The Labute approximate surface area is 121 Å². The van der Waals surface area contributed by atoms with Crippen LogP contribution in [0.2, 0.25) is 0 Å². The van der Waals surface area contributed by atoms with Crippen LogP contribution in [0.5, 0.6) is 0 Å². The van der Waals surface area contributed by atoms with Crippen LogP contribution in [0.15, 0.2) is 41.8 Å². The van der Waals surface area contributed by atoms with Crippen molar-refractivity contribution >= 4 is 28.4 Å². The molecule has 1 aromatic carbocycles. The molecule has 0 aliphatic heterocycles. The fourth-order valence-corrected chi connectivity index (χ4v) is 3.13. The summed E-state index contributed by atoms with van der Waals surface area (Å²) in [6.45, 7) is 1.94. The molecule has 4 nitrogen and oxygen atoms in total. The molecule has 0 amide bonds. The summed E-state index contributed by atoms with van der Waals surface area (Å²) in [6.07, 6.45) is 3.62. The van der Waals surface area contributed by atoms with Gasteiger partial charge in [0, 0.05) is 41.6 Å². The summed E-state index contributed by atoms with van der Waals surface area (Å²) in [4.78, 5) is 20.0. The van der Waals surface area contributed by atoms with Gasteiger partial charge in [0.05, 0.1) is 5.75 Å². The molecule has 20 heavy (non-hydrogen) atoms. The van der Waals surface area contributed by atoms with E-state index >= 15 is 0 Å². The number of aromatic nitrogens is 3. The maximum absolute atomic E-state index is 12.5. The molecular weight excluding hydrogens is 270 g/mol. The average molecular weight is 285 g/mol. The number of hydrogen-bond donors (Lipinski definition) is 1. The standard InChI is InChI=1S/C15H15N3OS/c1-10-14(11-5-3-4-6-12(11)17-10)13(19)9-20-15-16-7-8-18(15)2/h3-8,17H,9H2,1-2H3. The molecule has 0 radical (unpaired) electrons. The molecule has 0 spiro atoms. The van der Waals surface area contributed by atoms with Gasteiger partial charge in [0.1, 0.15) is 0 Å². The third-order valence-corrected chi connectivity index (χ3v) is 4.34. The first-order valence-electron chi connectivity index (χ1n) is 6.37. The van der Waals surface area contributed by atoms with Crippen molar-refractivity contribution in [3.8, 4) is 0 Å². The van der Waals surface area contributed by atoms with Gasteiger partial charge < -0.3 is 9.55 Å². The van der Waals surface area contributed by atoms with Crippen molar-refractivity contribution in [2.75, 3.05) is 5.75 Å². The lowest BCUT2D eigenvalue weighted by Gasteiger charge is -2.02. The van der Waals surface area contributed by atoms with Crippen LogP contribution in [0.1, 0.15) is 16.1 Å². The minimum absolute atomic E-state index is 0.132. The summed E-state index contributed by atoms with van der Waals surface area (Å²) < 4.78 is 1.92. The van der Waals surface area contributed by atoms with E-state index in [9.17, 15) is 4.79 Å². The maximum atomic E-state index is 12.5. The van der Waals surface area contributed by atoms with E-state index in [4.69, 9.17) is 0 Å². The number of benzene rings is 1. The minimum Gasteiger partial charge on any atom is -0.358 e. The van der Waals surface area contributed by atoms with E-state index in [1.165, 1.54) is 11.8 Å². The first kappa shape index (κ1) is 13.0. The molecule has 0 bridgehead atoms. The number of nitrogens with one attached hydrogen (secondary N) is 1. The Morgan fingerprint density at radius 1 is 1.40 bits per heavy atom. The van der Waals surface area contributed by atoms with E-state index < -0.39 is 0 Å². The summed E-state index contributed by atoms with van der Waals surface area (Å²) in [7, 11) is 1.93. The van der Waals surface area contributed by atoms with Crippen LogP contribution in [0, 0.1) is 6.92 Å². The van der Waals surface area contributed by atoms with Crippen molar-refractivity contribution in [2.24, 2.45) is 7.05 Å². The highest BCUT2D eigenvalue weighted by molar-refractivity contribution is 7.99. The van der Waals surface area contributed by atoms with Gasteiger partial charge in [0.15, 0.2) is 10.9 Å². The zero-order chi connectivity index (χ0) is 14.1. The van der Waals surface area contributed by atoms with Crippen molar-refractivity contribution in [2.45, 2.75) is 12.1 Å². The molecule has 102 valence electrons. The number of H-pyrrole nitrogens is 1. The number of aryl methyl sites for hydroxylation is 2. The van der Waals surface area contributed by atoms with E-state index in [1.807, 2.05) is 49.0 Å². The fourth-order valence-electron chi connectivity index (χ4n) is 2.33. The first-order valence-corrected chi connectivity index (χ1v) is 7.36. The molecule has 2 aromatic heterocycles. The fraction of sp³-hybridized carbons (Fsp3) is 0.200. The van der Waals surface area contributed by atoms with Crippen LogP contribution in [-0.2, 0) is 7.05 Å². The third kappa shape index (κ3) is 2.25. The number of carbonyl (C=O) groups excluding carboxylic acids is 1. The molecule has 2 heterocycles. The maximum Gasteiger partial charge on any atom is 0.175 e. The monoisotopic (exact) mass is 285 g/mol. The Hall–Kier alpha value is -2.01. The van der Waals surface area contributed by atoms with Gasteiger partial charge in [-0.25, -0.2) is 4.98 Å². The van der Waals surface area contributed by atoms with E-state index in [1.54, 1.807) is 6.20 Å². The van der Waals surface area contributed by atoms with Crippen molar-refractivity contribution in [3.05, 3.63) is 47.9 Å². The smallest absolute Gasteiger partial charge is 0.175 e. The van der Waals surface area contributed by atoms with Gasteiger partial charge in [-0.1, -0.05) is 30.0 Å². The summed E-state index contributed by atoms with van der Waals surface area (Å²) in [6, 6.07) is 7.90. The van der Waals surface area contributed by atoms with Gasteiger partial charge in [-0.3, -0.25) is 4.79 Å². The van der Waals surface area contributed by atoms with Gasteiger partial charge in [0.2, 0.25) is 0 Å². The Morgan fingerprint density at radius 2 is 2.20 bits per heavy atom. The molecule has 0 unspecified atom stereocenters. The Kier molecular flexibility index (Phi) is 3.36. The van der Waals surface area contributed by atoms with Crippen LogP contribution in [0.25, 0.3) is 10.9 Å². The van der Waals surface area contributed by atoms with E-state index in [0.29, 0.717) is 5.75 Å². The number of thioether (sulfide) groups is 1. The van der Waals surface area contributed by atoms with Crippen LogP contribution in [0.3, 0.4) is 0 Å². The number of rotatable bonds is 4. The molecule has 0 fully saturated rings. The number of nitrogens with zero attached hydrogens (tertiary/aromatic N) is 2. The predicted octanol–water partition coefficient (Wildman–Crippen LogP) is 3.18. The molecule has 3 aromatic rings. The van der Waals surface area contributed by atoms with Crippen LogP contribution < -0.4 is 0 Å². The van der Waals surface area contributed by atoms with Crippen molar-refractivity contribution < 1.29 is 4.79 Å². The highest BCUT2D eigenvalue weighted by Crippen LogP contribution is 2.24. The molecule has 0 atom stereocenters. The largest absolute Gasteiger partial charge is 0.358 e. The molecule has 0 saturated heterocycles. The number of hydrogen-bond acceptors (Lipinski definition) is 3. The summed E-state index contributed by atoms with van der Waals surface area (Å²) in [5, 5.41) is 1.85. The number of Topliss-reactive ketones (excluding diaryl/α,β-unsaturated/α-hetero) is 1. The predicted molar refractivity (Wildman–Crippen MR) is 81.3 cm³/mol. The lowest BCUT2D eigenvalue weighted by atomic mass is 10.1. The minimum atomic E-state index is 0.132. The Bertz CT molecular complexity index is 772. The normalized spacial score (nSPS) is 11.1. The van der Waals surface area contributed by atoms with Crippen LogP contribution >= 0.6 is 11.8 Å². The van der Waals surface area contributed by atoms with Gasteiger partial charge in [-0.2, -0.15) is 0 Å². The zero-order valence-electron chi connectivity index (χ0n) is 11.4. The molecule has 3 rings (SSSR count). The van der Waals surface area contributed by atoms with E-state index in [2.05, 4.69) is 9.97 Å². The Morgan fingerprint density at radius 3 is 2.95 bits per heavy atom.